The molecule has 0 amide bonds. The minimum atomic E-state index is -3.52. The Morgan fingerprint density at radius 2 is 2.06 bits per heavy atom. The lowest BCUT2D eigenvalue weighted by Gasteiger charge is -2.42. The van der Waals surface area contributed by atoms with Gasteiger partial charge in [-0.3, -0.25) is 4.79 Å². The summed E-state index contributed by atoms with van der Waals surface area (Å²) in [5.41, 5.74) is -0.279. The van der Waals surface area contributed by atoms with Gasteiger partial charge in [-0.2, -0.15) is 17.4 Å². The van der Waals surface area contributed by atoms with Crippen molar-refractivity contribution in [2.24, 2.45) is 0 Å². The fourth-order valence-corrected chi connectivity index (χ4v) is 3.34. The molecule has 0 aliphatic heterocycles. The third kappa shape index (κ3) is 3.66. The first-order chi connectivity index (χ1) is 8.35. The number of ether oxygens (including phenoxy) is 1. The number of nitrogens with zero attached hydrogens (tertiary/aromatic N) is 1. The van der Waals surface area contributed by atoms with Crippen LogP contribution in [0.1, 0.15) is 39.0 Å². The topological polar surface area (TPSA) is 75.7 Å². The molecule has 0 atom stereocenters. The summed E-state index contributed by atoms with van der Waals surface area (Å²) in [7, 11) is -0.766. The van der Waals surface area contributed by atoms with Crippen molar-refractivity contribution >= 4 is 16.2 Å². The Labute approximate surface area is 109 Å². The van der Waals surface area contributed by atoms with E-state index in [0.717, 1.165) is 25.7 Å². The third-order valence-electron chi connectivity index (χ3n) is 3.60. The number of carbonyl (C=O) groups excluding carboxylic acids is 1. The van der Waals surface area contributed by atoms with Crippen molar-refractivity contribution in [3.8, 4) is 0 Å². The van der Waals surface area contributed by atoms with Gasteiger partial charge in [-0.15, -0.1) is 0 Å². The zero-order valence-electron chi connectivity index (χ0n) is 11.2. The molecular weight excluding hydrogens is 256 g/mol. The molecule has 18 heavy (non-hydrogen) atoms. The molecule has 6 nitrogen and oxygen atoms in total. The highest BCUT2D eigenvalue weighted by molar-refractivity contribution is 7.87. The lowest BCUT2D eigenvalue weighted by Crippen LogP contribution is -2.56. The minimum Gasteiger partial charge on any atom is -0.469 e. The van der Waals surface area contributed by atoms with Gasteiger partial charge < -0.3 is 4.74 Å². The predicted molar refractivity (Wildman–Crippen MR) is 68.2 cm³/mol. The number of rotatable bonds is 7. The Balaban J connectivity index is 2.54. The van der Waals surface area contributed by atoms with Crippen LogP contribution in [0.25, 0.3) is 0 Å². The molecule has 1 saturated carbocycles. The van der Waals surface area contributed by atoms with Gasteiger partial charge in [0.15, 0.2) is 0 Å². The predicted octanol–water partition coefficient (Wildman–Crippen LogP) is 0.648. The smallest absolute Gasteiger partial charge is 0.306 e. The van der Waals surface area contributed by atoms with Crippen molar-refractivity contribution in [1.82, 2.24) is 9.03 Å². The summed E-state index contributed by atoms with van der Waals surface area (Å²) >= 11 is 0. The highest BCUT2D eigenvalue weighted by Gasteiger charge is 2.39. The van der Waals surface area contributed by atoms with Crippen molar-refractivity contribution in [1.29, 1.82) is 0 Å². The normalized spacial score (nSPS) is 18.4. The second-order valence-electron chi connectivity index (χ2n) is 4.74. The SMILES string of the molecule is CCC1(NS(=O)(=O)N(C)CCC(=O)OC)CCC1. The first-order valence-corrected chi connectivity index (χ1v) is 7.61. The quantitative estimate of drug-likeness (QED) is 0.694. The molecule has 0 bridgehead atoms. The van der Waals surface area contributed by atoms with Crippen molar-refractivity contribution in [2.75, 3.05) is 20.7 Å². The lowest BCUT2D eigenvalue weighted by molar-refractivity contribution is -0.140. The molecule has 106 valence electrons. The van der Waals surface area contributed by atoms with E-state index in [-0.39, 0.29) is 18.5 Å². The fraction of sp³-hybridized carbons (Fsp3) is 0.909. The van der Waals surface area contributed by atoms with Crippen LogP contribution < -0.4 is 4.72 Å². The summed E-state index contributed by atoms with van der Waals surface area (Å²) in [6.07, 6.45) is 3.67. The van der Waals surface area contributed by atoms with Crippen molar-refractivity contribution in [3.05, 3.63) is 0 Å². The van der Waals surface area contributed by atoms with Gasteiger partial charge in [-0.1, -0.05) is 6.92 Å². The highest BCUT2D eigenvalue weighted by atomic mass is 32.2. The van der Waals surface area contributed by atoms with Gasteiger partial charge in [0.05, 0.1) is 13.5 Å². The Hall–Kier alpha value is -0.660. The highest BCUT2D eigenvalue weighted by Crippen LogP contribution is 2.35. The second-order valence-corrected chi connectivity index (χ2v) is 6.52. The van der Waals surface area contributed by atoms with Crippen LogP contribution in [0.4, 0.5) is 0 Å². The fourth-order valence-electron chi connectivity index (χ4n) is 1.95. The molecule has 1 aliphatic carbocycles. The number of hydrogen-bond donors (Lipinski definition) is 1. The maximum Gasteiger partial charge on any atom is 0.306 e. The molecule has 1 aliphatic rings. The van der Waals surface area contributed by atoms with E-state index < -0.39 is 16.2 Å². The maximum atomic E-state index is 12.1. The summed E-state index contributed by atoms with van der Waals surface area (Å²) in [4.78, 5) is 11.0. The zero-order valence-corrected chi connectivity index (χ0v) is 12.0. The number of esters is 1. The number of carbonyl (C=O) groups is 1. The van der Waals surface area contributed by atoms with Crippen LogP contribution in [0, 0.1) is 0 Å². The van der Waals surface area contributed by atoms with Crippen molar-refractivity contribution in [3.63, 3.8) is 0 Å². The molecule has 0 heterocycles. The van der Waals surface area contributed by atoms with E-state index in [1.165, 1.54) is 18.5 Å². The molecular formula is C11H22N2O4S. The Bertz CT molecular complexity index is 384. The largest absolute Gasteiger partial charge is 0.469 e. The van der Waals surface area contributed by atoms with E-state index >= 15 is 0 Å². The summed E-state index contributed by atoms with van der Waals surface area (Å²) in [5.74, 6) is -0.411. The van der Waals surface area contributed by atoms with E-state index in [4.69, 9.17) is 0 Å². The molecule has 0 radical (unpaired) electrons. The van der Waals surface area contributed by atoms with E-state index in [9.17, 15) is 13.2 Å². The summed E-state index contributed by atoms with van der Waals surface area (Å²) in [6, 6.07) is 0. The average Bonchev–Trinajstić information content (AvgIpc) is 2.30. The molecule has 0 aromatic heterocycles. The summed E-state index contributed by atoms with van der Waals surface area (Å²) in [5, 5.41) is 0. The summed E-state index contributed by atoms with van der Waals surface area (Å²) < 4.78 is 32.5. The number of hydrogen-bond acceptors (Lipinski definition) is 4. The van der Waals surface area contributed by atoms with Gasteiger partial charge >= 0.3 is 5.97 Å². The third-order valence-corrected chi connectivity index (χ3v) is 5.30. The molecule has 0 saturated heterocycles. The van der Waals surface area contributed by atoms with Crippen molar-refractivity contribution in [2.45, 2.75) is 44.6 Å². The second kappa shape index (κ2) is 5.99. The Morgan fingerprint density at radius 3 is 2.44 bits per heavy atom. The van der Waals surface area contributed by atoms with E-state index in [1.54, 1.807) is 0 Å². The van der Waals surface area contributed by atoms with Crippen molar-refractivity contribution < 1.29 is 17.9 Å². The molecule has 0 unspecified atom stereocenters. The molecule has 0 aromatic carbocycles. The van der Waals surface area contributed by atoms with E-state index in [1.807, 2.05) is 6.92 Å². The molecule has 7 heteroatoms. The zero-order chi connectivity index (χ0) is 13.8. The number of nitrogens with one attached hydrogen (secondary N) is 1. The Kier molecular flexibility index (Phi) is 5.12. The molecule has 1 rings (SSSR count). The van der Waals surface area contributed by atoms with Gasteiger partial charge in [-0.05, 0) is 25.7 Å². The standard InChI is InChI=1S/C11H22N2O4S/c1-4-11(7-5-8-11)12-18(15,16)13(2)9-6-10(14)17-3/h12H,4-9H2,1-3H3. The van der Waals surface area contributed by atoms with Crippen LogP contribution in [0.5, 0.6) is 0 Å². The van der Waals surface area contributed by atoms with Gasteiger partial charge in [0.1, 0.15) is 0 Å². The van der Waals surface area contributed by atoms with Gasteiger partial charge in [0, 0.05) is 19.1 Å². The molecule has 0 aromatic rings. The van der Waals surface area contributed by atoms with Crippen LogP contribution in [0.15, 0.2) is 0 Å². The lowest BCUT2D eigenvalue weighted by atomic mass is 9.76. The number of methoxy groups -OCH3 is 1. The summed E-state index contributed by atoms with van der Waals surface area (Å²) in [6.45, 7) is 2.11. The van der Waals surface area contributed by atoms with E-state index in [0.29, 0.717) is 0 Å². The van der Waals surface area contributed by atoms with Crippen LogP contribution in [-0.4, -0.2) is 44.9 Å². The molecule has 1 N–H and O–H groups in total. The van der Waals surface area contributed by atoms with Crippen LogP contribution in [-0.2, 0) is 19.7 Å². The Morgan fingerprint density at radius 1 is 1.44 bits per heavy atom. The first-order valence-electron chi connectivity index (χ1n) is 6.17. The van der Waals surface area contributed by atoms with Gasteiger partial charge in [0.25, 0.3) is 10.2 Å². The average molecular weight is 278 g/mol. The molecule has 0 spiro atoms. The van der Waals surface area contributed by atoms with Crippen LogP contribution in [0.3, 0.4) is 0 Å². The monoisotopic (exact) mass is 278 g/mol. The maximum absolute atomic E-state index is 12.1. The van der Waals surface area contributed by atoms with E-state index in [2.05, 4.69) is 9.46 Å². The molecule has 1 fully saturated rings. The van der Waals surface area contributed by atoms with Gasteiger partial charge in [0.2, 0.25) is 0 Å². The minimum absolute atomic E-state index is 0.0625. The van der Waals surface area contributed by atoms with Crippen LogP contribution >= 0.6 is 0 Å². The van der Waals surface area contributed by atoms with Gasteiger partial charge in [-0.25, -0.2) is 0 Å². The van der Waals surface area contributed by atoms with Crippen LogP contribution in [0.2, 0.25) is 0 Å². The first kappa shape index (κ1) is 15.4.